The summed E-state index contributed by atoms with van der Waals surface area (Å²) in [6.45, 7) is 0.905. The summed E-state index contributed by atoms with van der Waals surface area (Å²) in [5, 5.41) is 18.1. The molecule has 0 unspecified atom stereocenters. The molecule has 0 radical (unpaired) electrons. The Kier molecular flexibility index (Phi) is 4.57. The molecule has 0 fully saturated rings. The predicted molar refractivity (Wildman–Crippen MR) is 76.4 cm³/mol. The molecule has 6 nitrogen and oxygen atoms in total. The largest absolute Gasteiger partial charge is 0.476 e. The second kappa shape index (κ2) is 6.38. The summed E-state index contributed by atoms with van der Waals surface area (Å²) in [5.74, 6) is -0.506. The number of carbonyl (C=O) groups is 1. The third kappa shape index (κ3) is 2.91. The number of aromatic carboxylic acids is 1. The van der Waals surface area contributed by atoms with Crippen LogP contribution in [0.15, 0.2) is 24.4 Å². The van der Waals surface area contributed by atoms with Gasteiger partial charge in [0.25, 0.3) is 0 Å². The third-order valence-electron chi connectivity index (χ3n) is 3.23. The fraction of sp³-hybridized carbons (Fsp3) is 0.429. The second-order valence-electron chi connectivity index (χ2n) is 4.72. The zero-order valence-electron chi connectivity index (χ0n) is 11.5. The summed E-state index contributed by atoms with van der Waals surface area (Å²) >= 11 is 0. The smallest absolute Gasteiger partial charge is 0.356 e. The molecule has 108 valence electrons. The number of aliphatic hydroxyl groups excluding tert-OH is 1. The van der Waals surface area contributed by atoms with Crippen LogP contribution in [0.2, 0.25) is 0 Å². The van der Waals surface area contributed by atoms with E-state index in [4.69, 9.17) is 5.11 Å². The van der Waals surface area contributed by atoms with Gasteiger partial charge < -0.3 is 15.1 Å². The highest BCUT2D eigenvalue weighted by atomic mass is 16.4. The fourth-order valence-electron chi connectivity index (χ4n) is 2.19. The van der Waals surface area contributed by atoms with E-state index in [9.17, 15) is 9.90 Å². The van der Waals surface area contributed by atoms with Gasteiger partial charge in [-0.1, -0.05) is 6.07 Å². The lowest BCUT2D eigenvalue weighted by atomic mass is 10.2. The van der Waals surface area contributed by atoms with Crippen LogP contribution in [0.5, 0.6) is 0 Å². The highest BCUT2D eigenvalue weighted by Gasteiger charge is 2.20. The quantitative estimate of drug-likeness (QED) is 0.752. The zero-order chi connectivity index (χ0) is 14.5. The van der Waals surface area contributed by atoms with Crippen LogP contribution in [0.3, 0.4) is 0 Å². The molecule has 0 spiro atoms. The van der Waals surface area contributed by atoms with Crippen molar-refractivity contribution in [1.82, 2.24) is 9.38 Å². The topological polar surface area (TPSA) is 78.1 Å². The first-order chi connectivity index (χ1) is 9.65. The minimum absolute atomic E-state index is 0.185. The maximum Gasteiger partial charge on any atom is 0.356 e. The van der Waals surface area contributed by atoms with Crippen molar-refractivity contribution < 1.29 is 15.0 Å². The Labute approximate surface area is 117 Å². The summed E-state index contributed by atoms with van der Waals surface area (Å²) in [6, 6.07) is 5.40. The number of hydrogen-bond acceptors (Lipinski definition) is 4. The molecule has 2 rings (SSSR count). The van der Waals surface area contributed by atoms with E-state index in [0.29, 0.717) is 18.0 Å². The monoisotopic (exact) mass is 277 g/mol. The molecular formula is C14H19N3O3. The normalized spacial score (nSPS) is 10.9. The van der Waals surface area contributed by atoms with Gasteiger partial charge in [0.1, 0.15) is 5.65 Å². The van der Waals surface area contributed by atoms with Crippen LogP contribution < -0.4 is 4.90 Å². The number of carboxylic acid groups (broad SMARTS) is 1. The number of anilines is 1. The minimum Gasteiger partial charge on any atom is -0.476 e. The predicted octanol–water partition coefficient (Wildman–Crippen LogP) is 1.63. The molecule has 0 bridgehead atoms. The molecule has 0 aliphatic rings. The highest BCUT2D eigenvalue weighted by Crippen LogP contribution is 2.21. The average molecular weight is 277 g/mol. The van der Waals surface area contributed by atoms with E-state index >= 15 is 0 Å². The lowest BCUT2D eigenvalue weighted by molar-refractivity contribution is 0.0690. The number of unbranched alkanes of at least 4 members (excludes halogenated alkanes) is 2. The van der Waals surface area contributed by atoms with Gasteiger partial charge in [0.15, 0.2) is 11.5 Å². The molecule has 0 aliphatic carbocycles. The molecular weight excluding hydrogens is 258 g/mol. The molecule has 2 N–H and O–H groups in total. The van der Waals surface area contributed by atoms with E-state index in [2.05, 4.69) is 4.98 Å². The molecule has 2 aromatic heterocycles. The minimum atomic E-state index is -0.985. The first kappa shape index (κ1) is 14.3. The van der Waals surface area contributed by atoms with E-state index in [-0.39, 0.29) is 12.3 Å². The van der Waals surface area contributed by atoms with E-state index in [1.54, 1.807) is 22.7 Å². The Morgan fingerprint density at radius 1 is 1.35 bits per heavy atom. The summed E-state index contributed by atoms with van der Waals surface area (Å²) in [5.41, 5.74) is 0.812. The van der Waals surface area contributed by atoms with Gasteiger partial charge in [-0.05, 0) is 31.4 Å². The molecule has 0 amide bonds. The van der Waals surface area contributed by atoms with Gasteiger partial charge in [0, 0.05) is 26.4 Å². The van der Waals surface area contributed by atoms with Gasteiger partial charge in [0.05, 0.1) is 0 Å². The van der Waals surface area contributed by atoms with Gasteiger partial charge >= 0.3 is 5.97 Å². The van der Waals surface area contributed by atoms with E-state index in [1.165, 1.54) is 0 Å². The summed E-state index contributed by atoms with van der Waals surface area (Å²) in [6.07, 6.45) is 4.28. The molecule has 0 atom stereocenters. The van der Waals surface area contributed by atoms with Gasteiger partial charge in [-0.2, -0.15) is 0 Å². The van der Waals surface area contributed by atoms with Crippen LogP contribution in [0, 0.1) is 0 Å². The molecule has 2 aromatic rings. The number of rotatable bonds is 7. The van der Waals surface area contributed by atoms with Gasteiger partial charge in [-0.3, -0.25) is 4.40 Å². The second-order valence-corrected chi connectivity index (χ2v) is 4.72. The molecule has 2 heterocycles. The number of fused-ring (bicyclic) bond motifs is 1. The van der Waals surface area contributed by atoms with Crippen molar-refractivity contribution in [3.8, 4) is 0 Å². The Morgan fingerprint density at radius 2 is 2.15 bits per heavy atom. The first-order valence-electron chi connectivity index (χ1n) is 6.67. The Hall–Kier alpha value is -2.08. The highest BCUT2D eigenvalue weighted by molar-refractivity contribution is 5.93. The summed E-state index contributed by atoms with van der Waals surface area (Å²) < 4.78 is 1.59. The number of pyridine rings is 1. The van der Waals surface area contributed by atoms with Crippen molar-refractivity contribution in [2.24, 2.45) is 0 Å². The number of imidazole rings is 1. The Morgan fingerprint density at radius 3 is 2.85 bits per heavy atom. The number of carboxylic acids is 1. The van der Waals surface area contributed by atoms with Crippen molar-refractivity contribution >= 4 is 17.4 Å². The maximum absolute atomic E-state index is 11.5. The lowest BCUT2D eigenvalue weighted by Crippen LogP contribution is -2.21. The molecule has 20 heavy (non-hydrogen) atoms. The first-order valence-corrected chi connectivity index (χ1v) is 6.67. The van der Waals surface area contributed by atoms with Crippen LogP contribution in [0.4, 0.5) is 5.82 Å². The van der Waals surface area contributed by atoms with Crippen molar-refractivity contribution in [3.05, 3.63) is 30.1 Å². The van der Waals surface area contributed by atoms with E-state index < -0.39 is 5.97 Å². The molecule has 0 saturated carbocycles. The third-order valence-corrected chi connectivity index (χ3v) is 3.23. The Bertz CT molecular complexity index is 594. The van der Waals surface area contributed by atoms with Crippen LogP contribution in [0.25, 0.3) is 5.65 Å². The van der Waals surface area contributed by atoms with Crippen LogP contribution in [-0.4, -0.2) is 45.8 Å². The van der Waals surface area contributed by atoms with Crippen molar-refractivity contribution in [3.63, 3.8) is 0 Å². The SMILES string of the molecule is CN(CCCCCO)c1nc2ccccn2c1C(=O)O. The van der Waals surface area contributed by atoms with Crippen molar-refractivity contribution in [1.29, 1.82) is 0 Å². The number of aromatic nitrogens is 2. The summed E-state index contributed by atoms with van der Waals surface area (Å²) in [4.78, 5) is 17.7. The molecule has 6 heteroatoms. The molecule has 0 aromatic carbocycles. The number of hydrogen-bond donors (Lipinski definition) is 2. The van der Waals surface area contributed by atoms with Crippen LogP contribution in [0.1, 0.15) is 29.8 Å². The molecule has 0 aliphatic heterocycles. The van der Waals surface area contributed by atoms with Gasteiger partial charge in [-0.15, -0.1) is 0 Å². The maximum atomic E-state index is 11.5. The van der Waals surface area contributed by atoms with Crippen molar-refractivity contribution in [2.45, 2.75) is 19.3 Å². The van der Waals surface area contributed by atoms with Gasteiger partial charge in [-0.25, -0.2) is 9.78 Å². The molecule has 0 saturated heterocycles. The fourth-order valence-corrected chi connectivity index (χ4v) is 2.19. The number of aliphatic hydroxyl groups is 1. The van der Waals surface area contributed by atoms with Crippen molar-refractivity contribution in [2.75, 3.05) is 25.1 Å². The van der Waals surface area contributed by atoms with E-state index in [0.717, 1.165) is 19.3 Å². The van der Waals surface area contributed by atoms with Crippen LogP contribution in [-0.2, 0) is 0 Å². The van der Waals surface area contributed by atoms with Gasteiger partial charge in [0.2, 0.25) is 0 Å². The van der Waals surface area contributed by atoms with Crippen LogP contribution >= 0.6 is 0 Å². The lowest BCUT2D eigenvalue weighted by Gasteiger charge is -2.17. The zero-order valence-corrected chi connectivity index (χ0v) is 11.5. The summed E-state index contributed by atoms with van der Waals surface area (Å²) in [7, 11) is 1.84. The Balaban J connectivity index is 2.24. The standard InChI is InChI=1S/C14H19N3O3/c1-16(8-4-2-6-10-18)13-12(14(19)20)17-9-5-3-7-11(17)15-13/h3,5,7,9,18H,2,4,6,8,10H2,1H3,(H,19,20). The average Bonchev–Trinajstić information content (AvgIpc) is 2.83. The number of nitrogens with zero attached hydrogens (tertiary/aromatic N) is 3. The van der Waals surface area contributed by atoms with E-state index in [1.807, 2.05) is 18.0 Å².